The minimum Gasteiger partial charge on any atom is -0.378 e. The maximum atomic E-state index is 5.99. The fourth-order valence-corrected chi connectivity index (χ4v) is 2.91. The van der Waals surface area contributed by atoms with Crippen LogP contribution in [-0.2, 0) is 11.3 Å². The van der Waals surface area contributed by atoms with Crippen LogP contribution in [0.5, 0.6) is 0 Å². The van der Waals surface area contributed by atoms with Gasteiger partial charge in [0.1, 0.15) is 0 Å². The van der Waals surface area contributed by atoms with Crippen LogP contribution in [0.3, 0.4) is 0 Å². The molecule has 3 nitrogen and oxygen atoms in total. The van der Waals surface area contributed by atoms with Gasteiger partial charge in [0.15, 0.2) is 0 Å². The second-order valence-corrected chi connectivity index (χ2v) is 5.72. The minimum absolute atomic E-state index is 0.369. The van der Waals surface area contributed by atoms with Gasteiger partial charge in [0.05, 0.1) is 6.10 Å². The first-order chi connectivity index (χ1) is 9.22. The molecule has 1 aliphatic heterocycles. The molecule has 2 N–H and O–H groups in total. The Morgan fingerprint density at radius 2 is 2.37 bits per heavy atom. The standard InChI is InChI=1S/C15H19ClN2O/c1-10-6-13(4-5-19-10)17-8-11-9-18-15-7-12(16)2-3-14(11)15/h2-3,7,9-10,13,17-18H,4-6,8H2,1H3. The molecule has 2 unspecified atom stereocenters. The van der Waals surface area contributed by atoms with Gasteiger partial charge >= 0.3 is 0 Å². The average molecular weight is 279 g/mol. The highest BCUT2D eigenvalue weighted by Gasteiger charge is 2.18. The Kier molecular flexibility index (Phi) is 3.78. The largest absolute Gasteiger partial charge is 0.378 e. The van der Waals surface area contributed by atoms with Crippen molar-refractivity contribution in [3.05, 3.63) is 35.0 Å². The van der Waals surface area contributed by atoms with Crippen molar-refractivity contribution in [1.29, 1.82) is 0 Å². The van der Waals surface area contributed by atoms with Crippen LogP contribution in [0, 0.1) is 0 Å². The summed E-state index contributed by atoms with van der Waals surface area (Å²) >= 11 is 5.99. The summed E-state index contributed by atoms with van der Waals surface area (Å²) in [7, 11) is 0. The number of fused-ring (bicyclic) bond motifs is 1. The Hall–Kier alpha value is -1.03. The van der Waals surface area contributed by atoms with Gasteiger partial charge in [-0.05, 0) is 37.5 Å². The lowest BCUT2D eigenvalue weighted by atomic mass is 10.0. The van der Waals surface area contributed by atoms with E-state index in [4.69, 9.17) is 16.3 Å². The summed E-state index contributed by atoms with van der Waals surface area (Å²) in [5, 5.41) is 5.65. The molecule has 1 aromatic heterocycles. The van der Waals surface area contributed by atoms with Crippen LogP contribution in [-0.4, -0.2) is 23.7 Å². The number of ether oxygens (including phenoxy) is 1. The molecule has 0 aliphatic carbocycles. The summed E-state index contributed by atoms with van der Waals surface area (Å²) < 4.78 is 5.57. The van der Waals surface area contributed by atoms with Crippen molar-refractivity contribution >= 4 is 22.5 Å². The molecule has 0 saturated carbocycles. The number of aromatic amines is 1. The van der Waals surface area contributed by atoms with Gasteiger partial charge in [0.2, 0.25) is 0 Å². The number of hydrogen-bond donors (Lipinski definition) is 2. The van der Waals surface area contributed by atoms with Crippen LogP contribution in [0.2, 0.25) is 5.02 Å². The second-order valence-electron chi connectivity index (χ2n) is 5.29. The molecule has 2 atom stereocenters. The van der Waals surface area contributed by atoms with E-state index in [2.05, 4.69) is 29.5 Å². The Bertz CT molecular complexity index is 566. The average Bonchev–Trinajstić information content (AvgIpc) is 2.78. The van der Waals surface area contributed by atoms with E-state index in [1.807, 2.05) is 12.1 Å². The van der Waals surface area contributed by atoms with Gasteiger partial charge in [-0.1, -0.05) is 17.7 Å². The molecule has 0 amide bonds. The highest BCUT2D eigenvalue weighted by atomic mass is 35.5. The normalized spacial score (nSPS) is 23.9. The number of rotatable bonds is 3. The molecule has 0 radical (unpaired) electrons. The van der Waals surface area contributed by atoms with Crippen molar-refractivity contribution in [2.24, 2.45) is 0 Å². The Morgan fingerprint density at radius 3 is 3.21 bits per heavy atom. The van der Waals surface area contributed by atoms with E-state index in [0.717, 1.165) is 36.5 Å². The van der Waals surface area contributed by atoms with Crippen LogP contribution < -0.4 is 5.32 Å². The molecule has 0 spiro atoms. The molecule has 102 valence electrons. The third kappa shape index (κ3) is 2.94. The van der Waals surface area contributed by atoms with Crippen molar-refractivity contribution < 1.29 is 4.74 Å². The van der Waals surface area contributed by atoms with Gasteiger partial charge in [-0.15, -0.1) is 0 Å². The lowest BCUT2D eigenvalue weighted by Crippen LogP contribution is -2.37. The quantitative estimate of drug-likeness (QED) is 0.902. The molecule has 1 fully saturated rings. The van der Waals surface area contributed by atoms with Gasteiger partial charge in [0, 0.05) is 41.3 Å². The van der Waals surface area contributed by atoms with Crippen molar-refractivity contribution in [2.45, 2.75) is 38.5 Å². The zero-order chi connectivity index (χ0) is 13.2. The zero-order valence-corrected chi connectivity index (χ0v) is 11.8. The van der Waals surface area contributed by atoms with Crippen LogP contribution in [0.15, 0.2) is 24.4 Å². The Balaban J connectivity index is 1.68. The summed E-state index contributed by atoms with van der Waals surface area (Å²) in [6.45, 7) is 3.89. The Labute approximate surface area is 118 Å². The van der Waals surface area contributed by atoms with Gasteiger partial charge < -0.3 is 15.0 Å². The summed E-state index contributed by atoms with van der Waals surface area (Å²) in [4.78, 5) is 3.28. The van der Waals surface area contributed by atoms with Crippen LogP contribution >= 0.6 is 11.6 Å². The maximum Gasteiger partial charge on any atom is 0.0561 e. The highest BCUT2D eigenvalue weighted by molar-refractivity contribution is 6.31. The lowest BCUT2D eigenvalue weighted by Gasteiger charge is -2.28. The molecular weight excluding hydrogens is 260 g/mol. The predicted molar refractivity (Wildman–Crippen MR) is 78.6 cm³/mol. The maximum absolute atomic E-state index is 5.99. The summed E-state index contributed by atoms with van der Waals surface area (Å²) in [6, 6.07) is 6.55. The third-order valence-corrected chi connectivity index (χ3v) is 4.03. The number of halogens is 1. The third-order valence-electron chi connectivity index (χ3n) is 3.80. The predicted octanol–water partition coefficient (Wildman–Crippen LogP) is 3.48. The molecule has 1 saturated heterocycles. The molecule has 1 aliphatic rings. The van der Waals surface area contributed by atoms with Crippen molar-refractivity contribution in [3.63, 3.8) is 0 Å². The monoisotopic (exact) mass is 278 g/mol. The van der Waals surface area contributed by atoms with E-state index < -0.39 is 0 Å². The summed E-state index contributed by atoms with van der Waals surface area (Å²) in [5.41, 5.74) is 2.40. The lowest BCUT2D eigenvalue weighted by molar-refractivity contribution is 0.0130. The van der Waals surface area contributed by atoms with Gasteiger partial charge in [-0.3, -0.25) is 0 Å². The summed E-state index contributed by atoms with van der Waals surface area (Å²) in [5.74, 6) is 0. The summed E-state index contributed by atoms with van der Waals surface area (Å²) in [6.07, 6.45) is 4.62. The highest BCUT2D eigenvalue weighted by Crippen LogP contribution is 2.22. The SMILES string of the molecule is CC1CC(NCc2c[nH]c3cc(Cl)ccc23)CCO1. The molecule has 3 rings (SSSR count). The molecule has 0 bridgehead atoms. The van der Waals surface area contributed by atoms with Crippen molar-refractivity contribution in [1.82, 2.24) is 10.3 Å². The molecule has 19 heavy (non-hydrogen) atoms. The van der Waals surface area contributed by atoms with Crippen LogP contribution in [0.1, 0.15) is 25.3 Å². The molecular formula is C15H19ClN2O. The molecule has 4 heteroatoms. The number of aromatic nitrogens is 1. The van der Waals surface area contributed by atoms with Crippen molar-refractivity contribution in [2.75, 3.05) is 6.61 Å². The van der Waals surface area contributed by atoms with E-state index in [1.54, 1.807) is 0 Å². The van der Waals surface area contributed by atoms with Crippen molar-refractivity contribution in [3.8, 4) is 0 Å². The van der Waals surface area contributed by atoms with Gasteiger partial charge in [0.25, 0.3) is 0 Å². The fraction of sp³-hybridized carbons (Fsp3) is 0.467. The first kappa shape index (κ1) is 13.0. The number of nitrogens with one attached hydrogen (secondary N) is 2. The molecule has 1 aromatic carbocycles. The van der Waals surface area contributed by atoms with E-state index in [0.29, 0.717) is 12.1 Å². The number of H-pyrrole nitrogens is 1. The first-order valence-corrected chi connectivity index (χ1v) is 7.20. The van der Waals surface area contributed by atoms with Gasteiger partial charge in [-0.2, -0.15) is 0 Å². The second kappa shape index (κ2) is 5.53. The topological polar surface area (TPSA) is 37.0 Å². The van der Waals surface area contributed by atoms with E-state index >= 15 is 0 Å². The zero-order valence-electron chi connectivity index (χ0n) is 11.1. The smallest absolute Gasteiger partial charge is 0.0561 e. The van der Waals surface area contributed by atoms with Gasteiger partial charge in [-0.25, -0.2) is 0 Å². The Morgan fingerprint density at radius 1 is 1.47 bits per heavy atom. The fourth-order valence-electron chi connectivity index (χ4n) is 2.74. The minimum atomic E-state index is 0.369. The van der Waals surface area contributed by atoms with E-state index in [-0.39, 0.29) is 0 Å². The molecule has 2 heterocycles. The van der Waals surface area contributed by atoms with E-state index in [9.17, 15) is 0 Å². The first-order valence-electron chi connectivity index (χ1n) is 6.83. The molecule has 2 aromatic rings. The van der Waals surface area contributed by atoms with E-state index in [1.165, 1.54) is 10.9 Å². The number of hydrogen-bond acceptors (Lipinski definition) is 2. The number of benzene rings is 1. The van der Waals surface area contributed by atoms with Crippen LogP contribution in [0.4, 0.5) is 0 Å². The van der Waals surface area contributed by atoms with Crippen LogP contribution in [0.25, 0.3) is 10.9 Å².